The van der Waals surface area contributed by atoms with E-state index >= 15 is 0 Å². The van der Waals surface area contributed by atoms with Gasteiger partial charge in [0.25, 0.3) is 0 Å². The van der Waals surface area contributed by atoms with Gasteiger partial charge in [0.15, 0.2) is 0 Å². The Bertz CT molecular complexity index is 560. The Morgan fingerprint density at radius 3 is 2.58 bits per heavy atom. The summed E-state index contributed by atoms with van der Waals surface area (Å²) in [6.45, 7) is 1.90. The number of hydrogen-bond acceptors (Lipinski definition) is 2. The Morgan fingerprint density at radius 2 is 1.89 bits per heavy atom. The van der Waals surface area contributed by atoms with E-state index in [4.69, 9.17) is 11.6 Å². The lowest BCUT2D eigenvalue weighted by atomic mass is 10.1. The van der Waals surface area contributed by atoms with Crippen molar-refractivity contribution in [3.05, 3.63) is 59.4 Å². The number of rotatable bonds is 3. The molecule has 0 spiro atoms. The smallest absolute Gasteiger partial charge is 0.319 e. The monoisotopic (exact) mass is 275 g/mol. The summed E-state index contributed by atoms with van der Waals surface area (Å²) >= 11 is 5.97. The normalized spacial score (nSPS) is 11.7. The van der Waals surface area contributed by atoms with Crippen LogP contribution in [0.4, 0.5) is 10.5 Å². The fourth-order valence-corrected chi connectivity index (χ4v) is 1.84. The summed E-state index contributed by atoms with van der Waals surface area (Å²) in [7, 11) is 0. The maximum absolute atomic E-state index is 11.9. The maximum Gasteiger partial charge on any atom is 0.319 e. The van der Waals surface area contributed by atoms with Gasteiger partial charge in [-0.1, -0.05) is 23.7 Å². The molecule has 1 atom stereocenters. The molecule has 2 rings (SSSR count). The van der Waals surface area contributed by atoms with Crippen LogP contribution in [-0.2, 0) is 0 Å². The number of carbonyl (C=O) groups is 1. The molecule has 0 aliphatic rings. The molecular formula is C14H14ClN3O. The van der Waals surface area contributed by atoms with E-state index in [-0.39, 0.29) is 12.1 Å². The van der Waals surface area contributed by atoms with Crippen molar-refractivity contribution < 1.29 is 4.79 Å². The summed E-state index contributed by atoms with van der Waals surface area (Å²) in [6.07, 6.45) is 3.39. The Hall–Kier alpha value is -2.07. The molecular weight excluding hydrogens is 262 g/mol. The highest BCUT2D eigenvalue weighted by molar-refractivity contribution is 6.33. The topological polar surface area (TPSA) is 54.0 Å². The first-order valence-electron chi connectivity index (χ1n) is 5.89. The Balaban J connectivity index is 1.97. The number of hydrogen-bond donors (Lipinski definition) is 2. The van der Waals surface area contributed by atoms with Gasteiger partial charge in [-0.25, -0.2) is 4.79 Å². The molecule has 0 aliphatic carbocycles. The summed E-state index contributed by atoms with van der Waals surface area (Å²) in [4.78, 5) is 15.8. The summed E-state index contributed by atoms with van der Waals surface area (Å²) in [5.74, 6) is 0. The summed E-state index contributed by atoms with van der Waals surface area (Å²) in [6, 6.07) is 10.4. The second kappa shape index (κ2) is 6.20. The first-order valence-corrected chi connectivity index (χ1v) is 6.26. The Kier molecular flexibility index (Phi) is 4.36. The van der Waals surface area contributed by atoms with Crippen LogP contribution in [0.25, 0.3) is 0 Å². The van der Waals surface area contributed by atoms with Gasteiger partial charge in [0.2, 0.25) is 0 Å². The fraction of sp³-hybridized carbons (Fsp3) is 0.143. The van der Waals surface area contributed by atoms with Gasteiger partial charge < -0.3 is 10.6 Å². The van der Waals surface area contributed by atoms with Crippen LogP contribution in [0.5, 0.6) is 0 Å². The molecule has 4 nitrogen and oxygen atoms in total. The first-order chi connectivity index (χ1) is 9.16. The van der Waals surface area contributed by atoms with E-state index in [0.717, 1.165) is 5.56 Å². The second-order valence-corrected chi connectivity index (χ2v) is 4.49. The van der Waals surface area contributed by atoms with Gasteiger partial charge in [-0.3, -0.25) is 4.98 Å². The van der Waals surface area contributed by atoms with Crippen LogP contribution >= 0.6 is 11.6 Å². The molecule has 2 aromatic rings. The minimum atomic E-state index is -0.294. The second-order valence-electron chi connectivity index (χ2n) is 4.08. The predicted octanol–water partition coefficient (Wildman–Crippen LogP) is 3.62. The highest BCUT2D eigenvalue weighted by atomic mass is 35.5. The molecule has 0 saturated heterocycles. The van der Waals surface area contributed by atoms with Gasteiger partial charge in [-0.05, 0) is 36.8 Å². The molecule has 1 aromatic heterocycles. The number of para-hydroxylation sites is 1. The Morgan fingerprint density at radius 1 is 1.21 bits per heavy atom. The highest BCUT2D eigenvalue weighted by Gasteiger charge is 2.10. The molecule has 0 unspecified atom stereocenters. The van der Waals surface area contributed by atoms with Crippen LogP contribution in [0.15, 0.2) is 48.8 Å². The van der Waals surface area contributed by atoms with Crippen molar-refractivity contribution in [1.82, 2.24) is 10.3 Å². The predicted molar refractivity (Wildman–Crippen MR) is 76.3 cm³/mol. The van der Waals surface area contributed by atoms with Crippen LogP contribution in [0.1, 0.15) is 18.5 Å². The molecule has 1 heterocycles. The number of nitrogens with zero attached hydrogens (tertiary/aromatic N) is 1. The van der Waals surface area contributed by atoms with E-state index in [2.05, 4.69) is 15.6 Å². The maximum atomic E-state index is 11.9. The van der Waals surface area contributed by atoms with E-state index in [1.807, 2.05) is 31.2 Å². The number of aromatic nitrogens is 1. The van der Waals surface area contributed by atoms with Gasteiger partial charge in [-0.2, -0.15) is 0 Å². The van der Waals surface area contributed by atoms with Crippen molar-refractivity contribution in [3.63, 3.8) is 0 Å². The molecule has 5 heteroatoms. The number of nitrogens with one attached hydrogen (secondary N) is 2. The van der Waals surface area contributed by atoms with Crippen molar-refractivity contribution >= 4 is 23.3 Å². The van der Waals surface area contributed by atoms with Crippen LogP contribution < -0.4 is 10.6 Å². The summed E-state index contributed by atoms with van der Waals surface area (Å²) in [5.41, 5.74) is 1.58. The van der Waals surface area contributed by atoms with E-state index in [9.17, 15) is 4.79 Å². The highest BCUT2D eigenvalue weighted by Crippen LogP contribution is 2.20. The van der Waals surface area contributed by atoms with Gasteiger partial charge in [0.05, 0.1) is 16.8 Å². The number of carbonyl (C=O) groups excluding carboxylic acids is 1. The van der Waals surface area contributed by atoms with E-state index in [1.54, 1.807) is 24.5 Å². The lowest BCUT2D eigenvalue weighted by Gasteiger charge is -2.15. The SMILES string of the molecule is C[C@H](NC(=O)Nc1ccccc1Cl)c1ccncc1. The molecule has 2 N–H and O–H groups in total. The summed E-state index contributed by atoms with van der Waals surface area (Å²) < 4.78 is 0. The van der Waals surface area contributed by atoms with Crippen LogP contribution in [-0.4, -0.2) is 11.0 Å². The van der Waals surface area contributed by atoms with E-state index in [0.29, 0.717) is 10.7 Å². The molecule has 1 aromatic carbocycles. The van der Waals surface area contributed by atoms with Crippen molar-refractivity contribution in [3.8, 4) is 0 Å². The van der Waals surface area contributed by atoms with Gasteiger partial charge >= 0.3 is 6.03 Å². The average Bonchev–Trinajstić information content (AvgIpc) is 2.42. The zero-order chi connectivity index (χ0) is 13.7. The fourth-order valence-electron chi connectivity index (χ4n) is 1.65. The molecule has 0 fully saturated rings. The van der Waals surface area contributed by atoms with Crippen molar-refractivity contribution in [2.45, 2.75) is 13.0 Å². The van der Waals surface area contributed by atoms with Gasteiger partial charge in [0, 0.05) is 12.4 Å². The lowest BCUT2D eigenvalue weighted by molar-refractivity contribution is 0.249. The Labute approximate surface area is 116 Å². The van der Waals surface area contributed by atoms with E-state index in [1.165, 1.54) is 0 Å². The zero-order valence-corrected chi connectivity index (χ0v) is 11.2. The van der Waals surface area contributed by atoms with E-state index < -0.39 is 0 Å². The summed E-state index contributed by atoms with van der Waals surface area (Å²) in [5, 5.41) is 6.06. The molecule has 0 bridgehead atoms. The van der Waals surface area contributed by atoms with Crippen LogP contribution in [0.2, 0.25) is 5.02 Å². The third-order valence-corrected chi connectivity index (χ3v) is 3.01. The number of anilines is 1. The third kappa shape index (κ3) is 3.69. The number of benzene rings is 1. The quantitative estimate of drug-likeness (QED) is 0.899. The van der Waals surface area contributed by atoms with Crippen molar-refractivity contribution in [2.75, 3.05) is 5.32 Å². The van der Waals surface area contributed by atoms with Crippen molar-refractivity contribution in [1.29, 1.82) is 0 Å². The van der Waals surface area contributed by atoms with Gasteiger partial charge in [-0.15, -0.1) is 0 Å². The molecule has 0 radical (unpaired) electrons. The number of halogens is 1. The van der Waals surface area contributed by atoms with Crippen LogP contribution in [0, 0.1) is 0 Å². The van der Waals surface area contributed by atoms with Gasteiger partial charge in [0.1, 0.15) is 0 Å². The minimum absolute atomic E-state index is 0.106. The zero-order valence-electron chi connectivity index (χ0n) is 10.4. The number of amides is 2. The molecule has 0 aliphatic heterocycles. The molecule has 0 saturated carbocycles. The lowest BCUT2D eigenvalue weighted by Crippen LogP contribution is -2.31. The minimum Gasteiger partial charge on any atom is -0.331 e. The third-order valence-electron chi connectivity index (χ3n) is 2.68. The largest absolute Gasteiger partial charge is 0.331 e. The van der Waals surface area contributed by atoms with Crippen molar-refractivity contribution in [2.24, 2.45) is 0 Å². The average molecular weight is 276 g/mol. The standard InChI is InChI=1S/C14H14ClN3O/c1-10(11-6-8-16-9-7-11)17-14(19)18-13-5-3-2-4-12(13)15/h2-10H,1H3,(H2,17,18,19)/t10-/m0/s1. The molecule has 19 heavy (non-hydrogen) atoms. The van der Waals surface area contributed by atoms with Crippen LogP contribution in [0.3, 0.4) is 0 Å². The number of pyridine rings is 1. The first kappa shape index (κ1) is 13.4. The molecule has 2 amide bonds. The number of urea groups is 1. The molecule has 98 valence electrons.